The topological polar surface area (TPSA) is 75.6 Å². The van der Waals surface area contributed by atoms with Crippen molar-refractivity contribution in [3.8, 4) is 5.75 Å². The molecule has 1 aliphatic rings. The maximum atomic E-state index is 10.8. The van der Waals surface area contributed by atoms with E-state index in [1.54, 1.807) is 6.07 Å². The highest BCUT2D eigenvalue weighted by atomic mass is 16.5. The van der Waals surface area contributed by atoms with Crippen LogP contribution in [0.15, 0.2) is 18.2 Å². The van der Waals surface area contributed by atoms with E-state index in [4.69, 9.17) is 9.84 Å². The summed E-state index contributed by atoms with van der Waals surface area (Å²) in [4.78, 5) is 21.4. The predicted octanol–water partition coefficient (Wildman–Crippen LogP) is 2.03. The summed E-state index contributed by atoms with van der Waals surface area (Å²) in [5.74, 6) is -0.387. The molecule has 0 amide bonds. The van der Waals surface area contributed by atoms with Crippen molar-refractivity contribution in [2.45, 2.75) is 31.7 Å². The first-order valence-corrected chi connectivity index (χ1v) is 6.29. The van der Waals surface area contributed by atoms with E-state index in [0.717, 1.165) is 24.0 Å². The molecule has 0 aromatic heterocycles. The van der Waals surface area contributed by atoms with Gasteiger partial charge in [0.05, 0.1) is 0 Å². The third kappa shape index (κ3) is 3.05. The van der Waals surface area contributed by atoms with E-state index in [9.17, 15) is 9.59 Å². The maximum Gasteiger partial charge on any atom is 0.341 e. The van der Waals surface area contributed by atoms with E-state index in [2.05, 4.69) is 12.2 Å². The lowest BCUT2D eigenvalue weighted by Crippen LogP contribution is -2.26. The normalized spacial score (nSPS) is 21.1. The molecule has 5 heteroatoms. The smallest absolute Gasteiger partial charge is 0.341 e. The average Bonchev–Trinajstić information content (AvgIpc) is 2.36. The lowest BCUT2D eigenvalue weighted by Gasteiger charge is -2.31. The molecule has 1 aromatic carbocycles. The minimum Gasteiger partial charge on any atom is -0.482 e. The molecular formula is C14H17NO4. The van der Waals surface area contributed by atoms with Crippen LogP contribution in [-0.2, 0) is 9.59 Å². The first kappa shape index (κ1) is 13.4. The van der Waals surface area contributed by atoms with Crippen molar-refractivity contribution in [1.82, 2.24) is 0 Å². The molecule has 2 N–H and O–H groups in total. The van der Waals surface area contributed by atoms with Gasteiger partial charge in [-0.3, -0.25) is 0 Å². The monoisotopic (exact) mass is 263 g/mol. The Labute approximate surface area is 111 Å². The van der Waals surface area contributed by atoms with Crippen LogP contribution in [0.2, 0.25) is 0 Å². The molecular weight excluding hydrogens is 246 g/mol. The number of aliphatic carboxylic acids is 1. The van der Waals surface area contributed by atoms with Crippen molar-refractivity contribution in [3.05, 3.63) is 23.8 Å². The van der Waals surface area contributed by atoms with E-state index in [0.29, 0.717) is 12.2 Å². The summed E-state index contributed by atoms with van der Waals surface area (Å²) in [7, 11) is 0. The molecule has 2 rings (SSSR count). The number of aldehydes is 1. The minimum absolute atomic E-state index is 0.0775. The van der Waals surface area contributed by atoms with Gasteiger partial charge in [-0.2, -0.15) is 0 Å². The van der Waals surface area contributed by atoms with Crippen molar-refractivity contribution in [2.24, 2.45) is 0 Å². The zero-order chi connectivity index (χ0) is 13.8. The van der Waals surface area contributed by atoms with Gasteiger partial charge >= 0.3 is 5.97 Å². The Morgan fingerprint density at radius 2 is 2.37 bits per heavy atom. The first-order valence-electron chi connectivity index (χ1n) is 6.29. The van der Waals surface area contributed by atoms with Gasteiger partial charge in [-0.25, -0.2) is 4.79 Å². The molecule has 1 aliphatic heterocycles. The van der Waals surface area contributed by atoms with E-state index in [-0.39, 0.29) is 18.6 Å². The molecule has 19 heavy (non-hydrogen) atoms. The molecule has 102 valence electrons. The predicted molar refractivity (Wildman–Crippen MR) is 70.7 cm³/mol. The van der Waals surface area contributed by atoms with E-state index >= 15 is 0 Å². The van der Waals surface area contributed by atoms with E-state index < -0.39 is 5.97 Å². The number of carboxylic acids is 1. The van der Waals surface area contributed by atoms with Crippen LogP contribution in [0.5, 0.6) is 5.75 Å². The van der Waals surface area contributed by atoms with Crippen LogP contribution >= 0.6 is 0 Å². The number of benzene rings is 1. The summed E-state index contributed by atoms with van der Waals surface area (Å²) in [6.45, 7) is 1.69. The molecule has 5 nitrogen and oxygen atoms in total. The summed E-state index contributed by atoms with van der Waals surface area (Å²) >= 11 is 0. The SMILES string of the molecule is CC1CC(CC=O)c2c(cccc2OCC(=O)O)N1. The van der Waals surface area contributed by atoms with Crippen LogP contribution in [0, 0.1) is 0 Å². The van der Waals surface area contributed by atoms with Crippen LogP contribution in [0.1, 0.15) is 31.2 Å². The number of ether oxygens (including phenoxy) is 1. The largest absolute Gasteiger partial charge is 0.482 e. The molecule has 1 aromatic rings. The Hall–Kier alpha value is -2.04. The number of carbonyl (C=O) groups excluding carboxylic acids is 1. The molecule has 0 fully saturated rings. The first-order chi connectivity index (χ1) is 9.11. The van der Waals surface area contributed by atoms with Crippen LogP contribution in [0.4, 0.5) is 5.69 Å². The number of rotatable bonds is 5. The van der Waals surface area contributed by atoms with Crippen LogP contribution in [0.25, 0.3) is 0 Å². The van der Waals surface area contributed by atoms with Crippen molar-refractivity contribution >= 4 is 17.9 Å². The summed E-state index contributed by atoms with van der Waals surface area (Å²) in [5, 5.41) is 12.0. The third-order valence-electron chi connectivity index (χ3n) is 3.25. The Kier molecular flexibility index (Phi) is 4.04. The fourth-order valence-electron chi connectivity index (χ4n) is 2.56. The fourth-order valence-corrected chi connectivity index (χ4v) is 2.56. The van der Waals surface area contributed by atoms with Gasteiger partial charge in [0.1, 0.15) is 12.0 Å². The van der Waals surface area contributed by atoms with Gasteiger partial charge in [-0.1, -0.05) is 6.07 Å². The Morgan fingerprint density at radius 3 is 3.05 bits per heavy atom. The van der Waals surface area contributed by atoms with Crippen LogP contribution in [-0.4, -0.2) is 30.0 Å². The van der Waals surface area contributed by atoms with Crippen LogP contribution < -0.4 is 10.1 Å². The van der Waals surface area contributed by atoms with E-state index in [1.807, 2.05) is 12.1 Å². The lowest BCUT2D eigenvalue weighted by atomic mass is 9.85. The highest BCUT2D eigenvalue weighted by molar-refractivity contribution is 5.69. The molecule has 2 unspecified atom stereocenters. The molecule has 0 bridgehead atoms. The number of anilines is 1. The standard InChI is InChI=1S/C14H17NO4/c1-9-7-10(5-6-16)14-11(15-9)3-2-4-12(14)19-8-13(17)18/h2-4,6,9-10,15H,5,7-8H2,1H3,(H,17,18). The summed E-state index contributed by atoms with van der Waals surface area (Å²) in [6, 6.07) is 5.78. The minimum atomic E-state index is -1.01. The van der Waals surface area contributed by atoms with Gasteiger partial charge in [0.2, 0.25) is 0 Å². The van der Waals surface area contributed by atoms with Crippen molar-refractivity contribution in [1.29, 1.82) is 0 Å². The summed E-state index contributed by atoms with van der Waals surface area (Å²) in [6.07, 6.45) is 2.16. The van der Waals surface area contributed by atoms with Gasteiger partial charge in [0.25, 0.3) is 0 Å². The van der Waals surface area contributed by atoms with Gasteiger partial charge < -0.3 is 20.0 Å². The number of carbonyl (C=O) groups is 2. The molecule has 0 aliphatic carbocycles. The summed E-state index contributed by atoms with van der Waals surface area (Å²) < 4.78 is 5.32. The fraction of sp³-hybridized carbons (Fsp3) is 0.429. The lowest BCUT2D eigenvalue weighted by molar-refractivity contribution is -0.139. The number of hydrogen-bond donors (Lipinski definition) is 2. The molecule has 0 saturated heterocycles. The Bertz CT molecular complexity index is 486. The second-order valence-electron chi connectivity index (χ2n) is 4.78. The molecule has 0 radical (unpaired) electrons. The van der Waals surface area contributed by atoms with Gasteiger partial charge in [0.15, 0.2) is 6.61 Å². The van der Waals surface area contributed by atoms with Gasteiger partial charge in [-0.15, -0.1) is 0 Å². The van der Waals surface area contributed by atoms with Gasteiger partial charge in [-0.05, 0) is 31.4 Å². The Balaban J connectivity index is 2.33. The van der Waals surface area contributed by atoms with Crippen molar-refractivity contribution < 1.29 is 19.4 Å². The zero-order valence-corrected chi connectivity index (χ0v) is 10.8. The molecule has 0 saturated carbocycles. The van der Waals surface area contributed by atoms with Crippen LogP contribution in [0.3, 0.4) is 0 Å². The Morgan fingerprint density at radius 1 is 1.58 bits per heavy atom. The second-order valence-corrected chi connectivity index (χ2v) is 4.78. The molecule has 1 heterocycles. The average molecular weight is 263 g/mol. The van der Waals surface area contributed by atoms with E-state index in [1.165, 1.54) is 0 Å². The highest BCUT2D eigenvalue weighted by Gasteiger charge is 2.27. The highest BCUT2D eigenvalue weighted by Crippen LogP contribution is 2.41. The number of fused-ring (bicyclic) bond motifs is 1. The van der Waals surface area contributed by atoms with Crippen molar-refractivity contribution in [3.63, 3.8) is 0 Å². The number of hydrogen-bond acceptors (Lipinski definition) is 4. The summed E-state index contributed by atoms with van der Waals surface area (Å²) in [5.41, 5.74) is 1.84. The zero-order valence-electron chi connectivity index (χ0n) is 10.8. The molecule has 0 spiro atoms. The second kappa shape index (κ2) is 5.73. The quantitative estimate of drug-likeness (QED) is 0.795. The maximum absolute atomic E-state index is 10.8. The number of carboxylic acid groups (broad SMARTS) is 1. The van der Waals surface area contributed by atoms with Crippen molar-refractivity contribution in [2.75, 3.05) is 11.9 Å². The van der Waals surface area contributed by atoms with Gasteiger partial charge in [0, 0.05) is 23.7 Å². The number of nitrogens with one attached hydrogen (secondary N) is 1. The molecule has 2 atom stereocenters. The third-order valence-corrected chi connectivity index (χ3v) is 3.25.